The summed E-state index contributed by atoms with van der Waals surface area (Å²) in [6.07, 6.45) is 0.173. The fourth-order valence-corrected chi connectivity index (χ4v) is 2.28. The molecule has 4 nitrogen and oxygen atoms in total. The molecule has 1 aromatic rings. The molecule has 0 fully saturated rings. The average Bonchev–Trinajstić information content (AvgIpc) is 2.36. The van der Waals surface area contributed by atoms with Crippen LogP contribution in [0.4, 0.5) is 0 Å². The van der Waals surface area contributed by atoms with Crippen molar-refractivity contribution in [3.05, 3.63) is 24.3 Å². The summed E-state index contributed by atoms with van der Waals surface area (Å²) in [6.45, 7) is 2.10. The summed E-state index contributed by atoms with van der Waals surface area (Å²) in [5, 5.41) is 0. The minimum Gasteiger partial charge on any atom is -0.497 e. The van der Waals surface area contributed by atoms with Crippen molar-refractivity contribution in [2.45, 2.75) is 18.2 Å². The summed E-state index contributed by atoms with van der Waals surface area (Å²) in [7, 11) is 0.402. The van der Waals surface area contributed by atoms with E-state index in [0.717, 1.165) is 5.75 Å². The molecule has 1 atom stereocenters. The molecule has 0 aromatic heterocycles. The lowest BCUT2D eigenvalue weighted by Gasteiger charge is -2.04. The Morgan fingerprint density at radius 1 is 1.29 bits per heavy atom. The maximum absolute atomic E-state index is 11.8. The zero-order valence-electron chi connectivity index (χ0n) is 9.97. The Bertz CT molecular complexity index is 386. The number of benzene rings is 1. The molecule has 5 heteroatoms. The van der Waals surface area contributed by atoms with Gasteiger partial charge in [-0.3, -0.25) is 9.00 Å². The quantitative estimate of drug-likeness (QED) is 0.728. The Labute approximate surface area is 103 Å². The second-order valence-electron chi connectivity index (χ2n) is 3.28. The SMILES string of the molecule is CCOC(=O)CCS(=O)c1ccc(OC)cc1. The van der Waals surface area contributed by atoms with E-state index in [-0.39, 0.29) is 18.1 Å². The number of ether oxygens (including phenoxy) is 2. The van der Waals surface area contributed by atoms with Crippen molar-refractivity contribution in [2.75, 3.05) is 19.5 Å². The van der Waals surface area contributed by atoms with E-state index >= 15 is 0 Å². The van der Waals surface area contributed by atoms with E-state index in [0.29, 0.717) is 11.5 Å². The fourth-order valence-electron chi connectivity index (χ4n) is 1.25. The first-order valence-electron chi connectivity index (χ1n) is 5.35. The molecule has 1 rings (SSSR count). The number of esters is 1. The smallest absolute Gasteiger partial charge is 0.306 e. The van der Waals surface area contributed by atoms with Gasteiger partial charge in [-0.1, -0.05) is 0 Å². The lowest BCUT2D eigenvalue weighted by molar-refractivity contribution is -0.142. The van der Waals surface area contributed by atoms with Crippen LogP contribution in [-0.2, 0) is 20.3 Å². The van der Waals surface area contributed by atoms with Gasteiger partial charge in [0.25, 0.3) is 0 Å². The first-order valence-corrected chi connectivity index (χ1v) is 6.67. The molecule has 0 bridgehead atoms. The van der Waals surface area contributed by atoms with Crippen LogP contribution in [0.15, 0.2) is 29.2 Å². The van der Waals surface area contributed by atoms with Gasteiger partial charge < -0.3 is 9.47 Å². The van der Waals surface area contributed by atoms with Crippen LogP contribution in [-0.4, -0.2) is 29.6 Å². The Hall–Kier alpha value is -1.36. The van der Waals surface area contributed by atoms with Gasteiger partial charge in [-0.25, -0.2) is 0 Å². The first kappa shape index (κ1) is 13.7. The second kappa shape index (κ2) is 7.06. The van der Waals surface area contributed by atoms with Gasteiger partial charge in [-0.15, -0.1) is 0 Å². The predicted octanol–water partition coefficient (Wildman–Crippen LogP) is 1.76. The van der Waals surface area contributed by atoms with Crippen LogP contribution < -0.4 is 4.74 Å². The van der Waals surface area contributed by atoms with Crippen LogP contribution in [0, 0.1) is 0 Å². The highest BCUT2D eigenvalue weighted by Crippen LogP contribution is 2.14. The highest BCUT2D eigenvalue weighted by atomic mass is 32.2. The zero-order valence-corrected chi connectivity index (χ0v) is 10.8. The molecule has 0 aliphatic heterocycles. The van der Waals surface area contributed by atoms with Gasteiger partial charge in [-0.2, -0.15) is 0 Å². The summed E-state index contributed by atoms with van der Waals surface area (Å²) in [4.78, 5) is 11.8. The molecule has 0 saturated carbocycles. The van der Waals surface area contributed by atoms with Gasteiger partial charge in [0.2, 0.25) is 0 Å². The predicted molar refractivity (Wildman–Crippen MR) is 65.5 cm³/mol. The minimum absolute atomic E-state index is 0.173. The van der Waals surface area contributed by atoms with E-state index in [1.54, 1.807) is 38.3 Å². The maximum Gasteiger partial charge on any atom is 0.306 e. The Balaban J connectivity index is 2.49. The number of rotatable bonds is 6. The molecule has 0 heterocycles. The molecule has 0 amide bonds. The number of hydrogen-bond donors (Lipinski definition) is 0. The van der Waals surface area contributed by atoms with Crippen molar-refractivity contribution in [2.24, 2.45) is 0 Å². The van der Waals surface area contributed by atoms with E-state index in [9.17, 15) is 9.00 Å². The number of methoxy groups -OCH3 is 1. The monoisotopic (exact) mass is 256 g/mol. The largest absolute Gasteiger partial charge is 0.497 e. The van der Waals surface area contributed by atoms with Gasteiger partial charge in [0, 0.05) is 10.6 Å². The molecular weight excluding hydrogens is 240 g/mol. The van der Waals surface area contributed by atoms with Crippen molar-refractivity contribution in [3.63, 3.8) is 0 Å². The summed E-state index contributed by atoms with van der Waals surface area (Å²) < 4.78 is 21.6. The first-order chi connectivity index (χ1) is 8.17. The Morgan fingerprint density at radius 3 is 2.47 bits per heavy atom. The van der Waals surface area contributed by atoms with Crippen molar-refractivity contribution in [1.29, 1.82) is 0 Å². The standard InChI is InChI=1S/C12H16O4S/c1-3-16-12(13)8-9-17(14)11-6-4-10(15-2)5-7-11/h4-7H,3,8-9H2,1-2H3. The third-order valence-electron chi connectivity index (χ3n) is 2.12. The van der Waals surface area contributed by atoms with Crippen LogP contribution >= 0.6 is 0 Å². The topological polar surface area (TPSA) is 52.6 Å². The van der Waals surface area contributed by atoms with Gasteiger partial charge in [0.15, 0.2) is 0 Å². The van der Waals surface area contributed by atoms with E-state index in [2.05, 4.69) is 0 Å². The van der Waals surface area contributed by atoms with Crippen LogP contribution in [0.1, 0.15) is 13.3 Å². The van der Waals surface area contributed by atoms with Crippen LogP contribution in [0.5, 0.6) is 5.75 Å². The number of carbonyl (C=O) groups is 1. The molecule has 1 aromatic carbocycles. The Kier molecular flexibility index (Phi) is 5.69. The molecular formula is C12H16O4S. The van der Waals surface area contributed by atoms with Crippen molar-refractivity contribution in [1.82, 2.24) is 0 Å². The highest BCUT2D eigenvalue weighted by Gasteiger charge is 2.08. The Morgan fingerprint density at radius 2 is 1.94 bits per heavy atom. The van der Waals surface area contributed by atoms with Gasteiger partial charge in [0.05, 0.1) is 30.9 Å². The third-order valence-corrected chi connectivity index (χ3v) is 3.49. The maximum atomic E-state index is 11.8. The van der Waals surface area contributed by atoms with Crippen molar-refractivity contribution >= 4 is 16.8 Å². The van der Waals surface area contributed by atoms with Crippen molar-refractivity contribution < 1.29 is 18.5 Å². The van der Waals surface area contributed by atoms with E-state index in [1.165, 1.54) is 0 Å². The molecule has 0 aliphatic rings. The van der Waals surface area contributed by atoms with E-state index in [4.69, 9.17) is 9.47 Å². The number of hydrogen-bond acceptors (Lipinski definition) is 4. The fraction of sp³-hybridized carbons (Fsp3) is 0.417. The molecule has 0 saturated heterocycles. The van der Waals surface area contributed by atoms with E-state index in [1.807, 2.05) is 0 Å². The van der Waals surface area contributed by atoms with Crippen LogP contribution in [0.3, 0.4) is 0 Å². The van der Waals surface area contributed by atoms with Gasteiger partial charge in [0.1, 0.15) is 5.75 Å². The molecule has 1 unspecified atom stereocenters. The number of carbonyl (C=O) groups excluding carboxylic acids is 1. The summed E-state index contributed by atoms with van der Waals surface area (Å²) in [5.74, 6) is 0.691. The summed E-state index contributed by atoms with van der Waals surface area (Å²) >= 11 is 0. The summed E-state index contributed by atoms with van der Waals surface area (Å²) in [6, 6.07) is 6.97. The molecule has 0 spiro atoms. The third kappa shape index (κ3) is 4.56. The normalized spacial score (nSPS) is 11.9. The molecule has 0 radical (unpaired) electrons. The average molecular weight is 256 g/mol. The lowest BCUT2D eigenvalue weighted by atomic mass is 10.3. The van der Waals surface area contributed by atoms with Crippen LogP contribution in [0.25, 0.3) is 0 Å². The second-order valence-corrected chi connectivity index (χ2v) is 4.85. The molecule has 0 N–H and O–H groups in total. The minimum atomic E-state index is -1.17. The molecule has 17 heavy (non-hydrogen) atoms. The molecule has 94 valence electrons. The summed E-state index contributed by atoms with van der Waals surface area (Å²) in [5.41, 5.74) is 0. The van der Waals surface area contributed by atoms with E-state index < -0.39 is 10.8 Å². The van der Waals surface area contributed by atoms with Gasteiger partial charge in [-0.05, 0) is 31.2 Å². The zero-order chi connectivity index (χ0) is 12.7. The van der Waals surface area contributed by atoms with Gasteiger partial charge >= 0.3 is 5.97 Å². The van der Waals surface area contributed by atoms with Crippen molar-refractivity contribution in [3.8, 4) is 5.75 Å². The highest BCUT2D eigenvalue weighted by molar-refractivity contribution is 7.85. The van der Waals surface area contributed by atoms with Crippen LogP contribution in [0.2, 0.25) is 0 Å². The lowest BCUT2D eigenvalue weighted by Crippen LogP contribution is -2.09. The molecule has 0 aliphatic carbocycles.